The molecule has 1 amide bonds. The quantitative estimate of drug-likeness (QED) is 0.843. The average Bonchev–Trinajstić information content (AvgIpc) is 2.81. The summed E-state index contributed by atoms with van der Waals surface area (Å²) in [5.41, 5.74) is 0.768. The number of carbonyl (C=O) groups is 1. The number of quaternary nitrogens is 1. The molecule has 0 aromatic heterocycles. The molecule has 3 nitrogen and oxygen atoms in total. The van der Waals surface area contributed by atoms with Crippen LogP contribution in [0.2, 0.25) is 5.02 Å². The van der Waals surface area contributed by atoms with Gasteiger partial charge in [-0.05, 0) is 43.9 Å². The molecule has 0 heterocycles. The van der Waals surface area contributed by atoms with Crippen molar-refractivity contribution in [2.45, 2.75) is 31.7 Å². The van der Waals surface area contributed by atoms with Gasteiger partial charge in [0.15, 0.2) is 6.54 Å². The third-order valence-corrected chi connectivity index (χ3v) is 4.21. The van der Waals surface area contributed by atoms with E-state index in [1.165, 1.54) is 25.7 Å². The molecule has 0 atom stereocenters. The fraction of sp³-hybridized carbons (Fsp3) is 0.533. The Hall–Kier alpha value is -1.06. The minimum Gasteiger partial charge on any atom is -0.321 e. The smallest absolute Gasteiger partial charge is 0.279 e. The summed E-state index contributed by atoms with van der Waals surface area (Å²) in [6.45, 7) is 0.511. The molecule has 1 fully saturated rings. The fourth-order valence-corrected chi connectivity index (χ4v) is 3.06. The van der Waals surface area contributed by atoms with E-state index in [-0.39, 0.29) is 5.91 Å². The Morgan fingerprint density at radius 3 is 2.68 bits per heavy atom. The summed E-state index contributed by atoms with van der Waals surface area (Å²) in [6.07, 6.45) is 5.05. The second kappa shape index (κ2) is 5.93. The highest BCUT2D eigenvalue weighted by Gasteiger charge is 2.32. The van der Waals surface area contributed by atoms with Gasteiger partial charge in [-0.25, -0.2) is 0 Å². The molecule has 104 valence electrons. The Balaban J connectivity index is 1.93. The summed E-state index contributed by atoms with van der Waals surface area (Å²) >= 11 is 5.91. The van der Waals surface area contributed by atoms with E-state index in [1.54, 1.807) is 12.1 Å². The number of rotatable bonds is 4. The average molecular weight is 282 g/mol. The van der Waals surface area contributed by atoms with E-state index in [1.807, 2.05) is 12.1 Å². The molecular weight excluding hydrogens is 260 g/mol. The van der Waals surface area contributed by atoms with Gasteiger partial charge in [0.25, 0.3) is 5.91 Å². The summed E-state index contributed by atoms with van der Waals surface area (Å²) < 4.78 is 0.770. The van der Waals surface area contributed by atoms with Gasteiger partial charge >= 0.3 is 0 Å². The lowest BCUT2D eigenvalue weighted by molar-refractivity contribution is -0.906. The summed E-state index contributed by atoms with van der Waals surface area (Å²) in [5, 5.41) is 3.56. The van der Waals surface area contributed by atoms with Gasteiger partial charge in [-0.2, -0.15) is 0 Å². The molecule has 2 rings (SSSR count). The fourth-order valence-electron chi connectivity index (χ4n) is 2.87. The van der Waals surface area contributed by atoms with Gasteiger partial charge in [0.2, 0.25) is 0 Å². The number of halogens is 1. The first kappa shape index (κ1) is 14.4. The van der Waals surface area contributed by atoms with Gasteiger partial charge in [-0.1, -0.05) is 17.7 Å². The highest BCUT2D eigenvalue weighted by Crippen LogP contribution is 2.26. The predicted octanol–water partition coefficient (Wildman–Crippen LogP) is 3.30. The summed E-state index contributed by atoms with van der Waals surface area (Å²) in [7, 11) is 4.29. The van der Waals surface area contributed by atoms with Gasteiger partial charge < -0.3 is 9.80 Å². The van der Waals surface area contributed by atoms with Gasteiger partial charge in [0.1, 0.15) is 0 Å². The Labute approximate surface area is 120 Å². The Morgan fingerprint density at radius 2 is 2.05 bits per heavy atom. The molecule has 1 N–H and O–H groups in total. The number of likely N-dealkylation sites (N-methyl/N-ethyl adjacent to an activating group) is 1. The summed E-state index contributed by atoms with van der Waals surface area (Å²) in [4.78, 5) is 12.1. The van der Waals surface area contributed by atoms with E-state index in [2.05, 4.69) is 19.4 Å². The van der Waals surface area contributed by atoms with Crippen molar-refractivity contribution in [1.29, 1.82) is 0 Å². The normalized spacial score (nSPS) is 16.6. The number of carbonyl (C=O) groups excluding carboxylic acids is 1. The molecule has 0 radical (unpaired) electrons. The van der Waals surface area contributed by atoms with Crippen molar-refractivity contribution in [2.75, 3.05) is 26.0 Å². The molecule has 1 aliphatic rings. The van der Waals surface area contributed by atoms with Gasteiger partial charge in [-0.15, -0.1) is 0 Å². The van der Waals surface area contributed by atoms with Crippen LogP contribution in [0, 0.1) is 0 Å². The molecule has 0 spiro atoms. The van der Waals surface area contributed by atoms with Crippen molar-refractivity contribution in [3.8, 4) is 0 Å². The molecule has 0 saturated heterocycles. The standard InChI is InChI=1S/C15H21ClN2O/c1-18(2,14-8-3-4-9-14)11-15(19)17-13-7-5-6-12(16)10-13/h5-7,10,14H,3-4,8-9,11H2,1-2H3/p+1. The van der Waals surface area contributed by atoms with Crippen LogP contribution in [-0.4, -0.2) is 37.1 Å². The topological polar surface area (TPSA) is 29.1 Å². The maximum Gasteiger partial charge on any atom is 0.279 e. The first-order valence-corrected chi connectivity index (χ1v) is 7.23. The molecule has 1 saturated carbocycles. The third-order valence-electron chi connectivity index (χ3n) is 3.97. The van der Waals surface area contributed by atoms with Crippen molar-refractivity contribution in [1.82, 2.24) is 0 Å². The van der Waals surface area contributed by atoms with Crippen LogP contribution in [0.25, 0.3) is 0 Å². The summed E-state index contributed by atoms with van der Waals surface area (Å²) in [6, 6.07) is 7.89. The van der Waals surface area contributed by atoms with E-state index >= 15 is 0 Å². The minimum absolute atomic E-state index is 0.0548. The van der Waals surface area contributed by atoms with Gasteiger partial charge in [-0.3, -0.25) is 4.79 Å². The number of nitrogens with one attached hydrogen (secondary N) is 1. The predicted molar refractivity (Wildman–Crippen MR) is 79.3 cm³/mol. The maximum absolute atomic E-state index is 12.1. The summed E-state index contributed by atoms with van der Waals surface area (Å²) in [5.74, 6) is 0.0548. The zero-order valence-corrected chi connectivity index (χ0v) is 12.4. The first-order chi connectivity index (χ1) is 8.97. The SMILES string of the molecule is C[N+](C)(CC(=O)Nc1cccc(Cl)c1)C1CCCC1. The zero-order chi connectivity index (χ0) is 13.9. The van der Waals surface area contributed by atoms with E-state index in [0.717, 1.165) is 10.2 Å². The lowest BCUT2D eigenvalue weighted by Gasteiger charge is -2.35. The van der Waals surface area contributed by atoms with E-state index in [4.69, 9.17) is 11.6 Å². The number of hydrogen-bond donors (Lipinski definition) is 1. The Kier molecular flexibility index (Phi) is 4.48. The Morgan fingerprint density at radius 1 is 1.37 bits per heavy atom. The number of hydrogen-bond acceptors (Lipinski definition) is 1. The number of anilines is 1. The molecule has 0 unspecified atom stereocenters. The van der Waals surface area contributed by atoms with Crippen molar-refractivity contribution in [3.63, 3.8) is 0 Å². The van der Waals surface area contributed by atoms with Crippen LogP contribution in [0.15, 0.2) is 24.3 Å². The molecule has 1 aromatic rings. The monoisotopic (exact) mass is 281 g/mol. The van der Waals surface area contributed by atoms with E-state index in [0.29, 0.717) is 17.6 Å². The molecule has 1 aromatic carbocycles. The van der Waals surface area contributed by atoms with Crippen LogP contribution in [0.3, 0.4) is 0 Å². The van der Waals surface area contributed by atoms with Gasteiger partial charge in [0.05, 0.1) is 20.1 Å². The van der Waals surface area contributed by atoms with Crippen molar-refractivity contribution in [3.05, 3.63) is 29.3 Å². The highest BCUT2D eigenvalue weighted by molar-refractivity contribution is 6.30. The highest BCUT2D eigenvalue weighted by atomic mass is 35.5. The Bertz CT molecular complexity index is 453. The van der Waals surface area contributed by atoms with Crippen LogP contribution < -0.4 is 5.32 Å². The lowest BCUT2D eigenvalue weighted by Crippen LogP contribution is -2.51. The van der Waals surface area contributed by atoms with Crippen molar-refractivity contribution >= 4 is 23.2 Å². The first-order valence-electron chi connectivity index (χ1n) is 6.85. The number of amides is 1. The second-order valence-corrected chi connectivity index (χ2v) is 6.37. The molecular formula is C15H22ClN2O+. The third kappa shape index (κ3) is 3.95. The van der Waals surface area contributed by atoms with E-state index in [9.17, 15) is 4.79 Å². The van der Waals surface area contributed by atoms with Crippen LogP contribution >= 0.6 is 11.6 Å². The van der Waals surface area contributed by atoms with Crippen LogP contribution in [0.5, 0.6) is 0 Å². The number of nitrogens with zero attached hydrogens (tertiary/aromatic N) is 1. The molecule has 19 heavy (non-hydrogen) atoms. The largest absolute Gasteiger partial charge is 0.321 e. The van der Waals surface area contributed by atoms with Crippen LogP contribution in [-0.2, 0) is 4.79 Å². The van der Waals surface area contributed by atoms with Gasteiger partial charge in [0, 0.05) is 10.7 Å². The maximum atomic E-state index is 12.1. The van der Waals surface area contributed by atoms with Crippen molar-refractivity contribution in [2.24, 2.45) is 0 Å². The van der Waals surface area contributed by atoms with E-state index < -0.39 is 0 Å². The van der Waals surface area contributed by atoms with Crippen molar-refractivity contribution < 1.29 is 9.28 Å². The molecule has 4 heteroatoms. The van der Waals surface area contributed by atoms with Crippen LogP contribution in [0.1, 0.15) is 25.7 Å². The molecule has 0 bridgehead atoms. The molecule has 0 aliphatic heterocycles. The van der Waals surface area contributed by atoms with Crippen LogP contribution in [0.4, 0.5) is 5.69 Å². The zero-order valence-electron chi connectivity index (χ0n) is 11.7. The minimum atomic E-state index is 0.0548. The molecule has 1 aliphatic carbocycles. The lowest BCUT2D eigenvalue weighted by atomic mass is 10.2. The number of benzene rings is 1. The second-order valence-electron chi connectivity index (χ2n) is 5.93.